The number of fused-ring (bicyclic) bond motifs is 2. The predicted octanol–water partition coefficient (Wildman–Crippen LogP) is 6.53. The van der Waals surface area contributed by atoms with Gasteiger partial charge in [0, 0.05) is 36.4 Å². The second-order valence-electron chi connectivity index (χ2n) is 9.92. The largest absolute Gasteiger partial charge is 0.493 e. The van der Waals surface area contributed by atoms with Crippen molar-refractivity contribution in [2.75, 3.05) is 13.7 Å². The van der Waals surface area contributed by atoms with Gasteiger partial charge in [-0.1, -0.05) is 24.3 Å². The van der Waals surface area contributed by atoms with Gasteiger partial charge in [0.2, 0.25) is 0 Å². The molecule has 0 saturated heterocycles. The van der Waals surface area contributed by atoms with Gasteiger partial charge in [0.05, 0.1) is 22.5 Å². The maximum absolute atomic E-state index is 12.6. The highest BCUT2D eigenvalue weighted by molar-refractivity contribution is 6.06. The molecule has 0 saturated carbocycles. The van der Waals surface area contributed by atoms with Gasteiger partial charge in [0.25, 0.3) is 5.69 Å². The monoisotopic (exact) mass is 502 g/mol. The molecule has 8 nitrogen and oxygen atoms in total. The zero-order valence-corrected chi connectivity index (χ0v) is 21.6. The number of nitrogens with zero attached hydrogens (tertiary/aromatic N) is 2. The summed E-state index contributed by atoms with van der Waals surface area (Å²) in [6.45, 7) is 7.42. The number of ether oxygens (including phenoxy) is 2. The first-order valence-corrected chi connectivity index (χ1v) is 12.0. The number of hydrogen-bond donors (Lipinski definition) is 1. The molecule has 0 amide bonds. The van der Waals surface area contributed by atoms with Gasteiger partial charge >= 0.3 is 5.97 Å². The summed E-state index contributed by atoms with van der Waals surface area (Å²) in [5, 5.41) is 23.5. The number of nitro benzene ring substituents is 1. The second-order valence-corrected chi connectivity index (χ2v) is 9.92. The van der Waals surface area contributed by atoms with E-state index in [1.807, 2.05) is 24.3 Å². The summed E-state index contributed by atoms with van der Waals surface area (Å²) in [6, 6.07) is 12.7. The fourth-order valence-electron chi connectivity index (χ4n) is 4.84. The molecular formula is C29H30N2O6. The Balaban J connectivity index is 2.12. The fraction of sp³-hybridized carbons (Fsp3) is 0.310. The van der Waals surface area contributed by atoms with Crippen LogP contribution in [0.25, 0.3) is 27.5 Å². The first-order chi connectivity index (χ1) is 17.5. The molecule has 0 aliphatic carbocycles. The van der Waals surface area contributed by atoms with Crippen molar-refractivity contribution in [2.24, 2.45) is 4.99 Å². The summed E-state index contributed by atoms with van der Waals surface area (Å²) in [5.74, 6) is -0.499. The summed E-state index contributed by atoms with van der Waals surface area (Å²) in [5.41, 5.74) is 2.82. The van der Waals surface area contributed by atoms with Crippen LogP contribution in [0, 0.1) is 17.0 Å². The van der Waals surface area contributed by atoms with Crippen LogP contribution in [0.15, 0.2) is 53.5 Å². The number of rotatable bonds is 6. The van der Waals surface area contributed by atoms with Gasteiger partial charge in [-0.25, -0.2) is 4.79 Å². The molecule has 0 fully saturated rings. The second kappa shape index (κ2) is 10.1. The van der Waals surface area contributed by atoms with Gasteiger partial charge in [0.1, 0.15) is 5.75 Å². The summed E-state index contributed by atoms with van der Waals surface area (Å²) in [7, 11) is 1.70. The lowest BCUT2D eigenvalue weighted by atomic mass is 9.84. The minimum atomic E-state index is -1.42. The van der Waals surface area contributed by atoms with Crippen molar-refractivity contribution in [3.63, 3.8) is 0 Å². The van der Waals surface area contributed by atoms with Crippen molar-refractivity contribution < 1.29 is 24.3 Å². The van der Waals surface area contributed by atoms with E-state index in [1.165, 1.54) is 0 Å². The number of hydrogen-bond acceptors (Lipinski definition) is 6. The van der Waals surface area contributed by atoms with Crippen molar-refractivity contribution in [3.8, 4) is 16.9 Å². The van der Waals surface area contributed by atoms with Crippen molar-refractivity contribution in [1.82, 2.24) is 0 Å². The number of benzene rings is 3. The molecule has 0 spiro atoms. The zero-order valence-electron chi connectivity index (χ0n) is 21.6. The van der Waals surface area contributed by atoms with Crippen molar-refractivity contribution in [1.29, 1.82) is 0 Å². The van der Waals surface area contributed by atoms with Crippen LogP contribution in [0.4, 0.5) is 5.69 Å². The molecule has 1 heterocycles. The summed E-state index contributed by atoms with van der Waals surface area (Å²) >= 11 is 0. The fourth-order valence-corrected chi connectivity index (χ4v) is 4.84. The van der Waals surface area contributed by atoms with E-state index >= 15 is 0 Å². The number of aliphatic imine (C=N–C) groups is 1. The Morgan fingerprint density at radius 3 is 2.54 bits per heavy atom. The molecule has 8 heteroatoms. The molecule has 1 aliphatic rings. The maximum Gasteiger partial charge on any atom is 0.337 e. The molecule has 1 N–H and O–H groups in total. The van der Waals surface area contributed by atoms with Crippen LogP contribution in [0.1, 0.15) is 50.0 Å². The van der Waals surface area contributed by atoms with E-state index in [2.05, 4.69) is 4.99 Å². The minimum absolute atomic E-state index is 0.126. The van der Waals surface area contributed by atoms with Gasteiger partial charge in [-0.2, -0.15) is 0 Å². The first-order valence-electron chi connectivity index (χ1n) is 12.0. The van der Waals surface area contributed by atoms with Crippen molar-refractivity contribution >= 4 is 34.2 Å². The van der Waals surface area contributed by atoms with E-state index in [4.69, 9.17) is 9.47 Å². The molecule has 37 heavy (non-hydrogen) atoms. The molecule has 3 aromatic rings. The van der Waals surface area contributed by atoms with Crippen LogP contribution in [0.3, 0.4) is 0 Å². The molecule has 0 radical (unpaired) electrons. The molecule has 192 valence electrons. The third-order valence-corrected chi connectivity index (χ3v) is 6.29. The summed E-state index contributed by atoms with van der Waals surface area (Å²) < 4.78 is 11.9. The minimum Gasteiger partial charge on any atom is -0.493 e. The lowest BCUT2D eigenvalue weighted by Crippen LogP contribution is -2.28. The van der Waals surface area contributed by atoms with E-state index in [9.17, 15) is 20.0 Å². The predicted molar refractivity (Wildman–Crippen MR) is 144 cm³/mol. The zero-order chi connectivity index (χ0) is 26.9. The Hall–Kier alpha value is -4.04. The normalized spacial score (nSPS) is 15.5. The van der Waals surface area contributed by atoms with Crippen LogP contribution in [-0.2, 0) is 9.53 Å². The van der Waals surface area contributed by atoms with Crippen LogP contribution < -0.4 is 4.74 Å². The van der Waals surface area contributed by atoms with Gasteiger partial charge in [-0.15, -0.1) is 0 Å². The lowest BCUT2D eigenvalue weighted by Gasteiger charge is -2.29. The van der Waals surface area contributed by atoms with Crippen molar-refractivity contribution in [2.45, 2.75) is 45.8 Å². The third kappa shape index (κ3) is 5.11. The van der Waals surface area contributed by atoms with Gasteiger partial charge in [0.15, 0.2) is 6.10 Å². The number of carbonyl (C=O) groups is 1. The number of carboxylic acids is 1. The highest BCUT2D eigenvalue weighted by atomic mass is 16.6. The Morgan fingerprint density at radius 2 is 1.92 bits per heavy atom. The van der Waals surface area contributed by atoms with Gasteiger partial charge in [-0.05, 0) is 74.1 Å². The van der Waals surface area contributed by atoms with Crippen LogP contribution in [0.5, 0.6) is 5.75 Å². The van der Waals surface area contributed by atoms with Crippen LogP contribution in [0.2, 0.25) is 0 Å². The number of aliphatic carboxylic acids is 1. The summed E-state index contributed by atoms with van der Waals surface area (Å²) in [4.78, 5) is 28.4. The highest BCUT2D eigenvalue weighted by Gasteiger charge is 2.35. The van der Waals surface area contributed by atoms with Gasteiger partial charge < -0.3 is 14.6 Å². The van der Waals surface area contributed by atoms with Crippen LogP contribution >= 0.6 is 0 Å². The molecular weight excluding hydrogens is 472 g/mol. The highest BCUT2D eigenvalue weighted by Crippen LogP contribution is 2.46. The molecule has 1 atom stereocenters. The Bertz CT molecular complexity index is 1450. The van der Waals surface area contributed by atoms with Crippen LogP contribution in [-0.4, -0.2) is 41.5 Å². The Morgan fingerprint density at radius 1 is 1.22 bits per heavy atom. The average Bonchev–Trinajstić information content (AvgIpc) is 2.84. The smallest absolute Gasteiger partial charge is 0.337 e. The third-order valence-electron chi connectivity index (χ3n) is 6.29. The van der Waals surface area contributed by atoms with E-state index in [1.54, 1.807) is 65.2 Å². The first kappa shape index (κ1) is 26.0. The van der Waals surface area contributed by atoms with E-state index in [-0.39, 0.29) is 16.8 Å². The molecule has 1 aliphatic heterocycles. The van der Waals surface area contributed by atoms with E-state index in [0.717, 1.165) is 22.4 Å². The Kier molecular flexibility index (Phi) is 7.14. The van der Waals surface area contributed by atoms with Crippen molar-refractivity contribution in [3.05, 3.63) is 75.3 Å². The Labute approximate surface area is 215 Å². The van der Waals surface area contributed by atoms with E-state index < -0.39 is 22.6 Å². The molecule has 4 rings (SSSR count). The molecule has 0 bridgehead atoms. The average molecular weight is 503 g/mol. The molecule has 0 aromatic heterocycles. The summed E-state index contributed by atoms with van der Waals surface area (Å²) in [6.07, 6.45) is 2.94. The number of nitro groups is 1. The number of carboxylic acid groups (broad SMARTS) is 1. The number of allylic oxidation sites excluding steroid dienone is 1. The SMILES string of the molecule is C/N=C\C=C1\CCOc2ccc(-c3c([C@H](OC(C)(C)C)C(=O)O)c(C)c([N+](=O)[O-])c4ccccc34)cc21. The molecule has 0 unspecified atom stereocenters. The quantitative estimate of drug-likeness (QED) is 0.233. The maximum atomic E-state index is 12.6. The topological polar surface area (TPSA) is 111 Å². The molecule has 3 aromatic carbocycles. The van der Waals surface area contributed by atoms with Gasteiger partial charge in [-0.3, -0.25) is 15.1 Å². The van der Waals surface area contributed by atoms with E-state index in [0.29, 0.717) is 29.4 Å². The standard InChI is InChI=1S/C29H30N2O6/c1-17-24(27(28(32)33)37-29(2,3)4)25(20-8-6-7-9-21(20)26(17)31(34)35)19-10-11-23-22(16-19)18(12-14-30-5)13-15-36-23/h6-12,14,16,27H,13,15H2,1-5H3,(H,32,33)/b18-12-,30-14-/t27-/m0/s1. The lowest BCUT2D eigenvalue weighted by molar-refractivity contribution is -0.383.